The number of hydrogen-bond donors (Lipinski definition) is 0. The average Bonchev–Trinajstić information content (AvgIpc) is 4.08. The van der Waals surface area contributed by atoms with Gasteiger partial charge in [0.2, 0.25) is 0 Å². The second-order valence-corrected chi connectivity index (χ2v) is 22.2. The van der Waals surface area contributed by atoms with Crippen LogP contribution in [0.3, 0.4) is 0 Å². The fourth-order valence-corrected chi connectivity index (χ4v) is 16.5. The third kappa shape index (κ3) is 6.56. The maximum Gasteiger partial charge on any atom is 0.179 e. The van der Waals surface area contributed by atoms with Crippen molar-refractivity contribution in [2.75, 3.05) is 0 Å². The molecule has 3 nitrogen and oxygen atoms in total. The SMILES string of the molecule is C=Cc1c(/C=C\C)n(-c2ccccc2)c2c1ccc1c3ccccc3n(-c3ccc([Si](c4ccccc4)(c4ccccc4)c4cccc(-c5ccc6c(c5)c5ccccc5n6-c5ccccc5)c4)cc3)c12. The molecule has 0 unspecified atom stereocenters. The molecule has 0 spiro atoms. The van der Waals surface area contributed by atoms with Gasteiger partial charge < -0.3 is 13.7 Å². The van der Waals surface area contributed by atoms with Crippen LogP contribution >= 0.6 is 0 Å². The minimum atomic E-state index is -2.97. The summed E-state index contributed by atoms with van der Waals surface area (Å²) in [6.07, 6.45) is 6.36. The molecule has 0 N–H and O–H groups in total. The van der Waals surface area contributed by atoms with Crippen LogP contribution in [0.5, 0.6) is 0 Å². The Balaban J connectivity index is 1.03. The molecule has 0 amide bonds. The first-order chi connectivity index (χ1) is 35.2. The van der Waals surface area contributed by atoms with Crippen LogP contribution in [-0.2, 0) is 0 Å². The zero-order chi connectivity index (χ0) is 47.5. The number of nitrogens with zero attached hydrogens (tertiary/aromatic N) is 3. The molecule has 336 valence electrons. The summed E-state index contributed by atoms with van der Waals surface area (Å²) < 4.78 is 7.30. The van der Waals surface area contributed by atoms with Crippen molar-refractivity contribution in [3.05, 3.63) is 273 Å². The Kier molecular flexibility index (Phi) is 10.2. The molecule has 0 aliphatic heterocycles. The van der Waals surface area contributed by atoms with E-state index in [1.807, 2.05) is 6.08 Å². The zero-order valence-electron chi connectivity index (χ0n) is 39.5. The number of para-hydroxylation sites is 4. The minimum Gasteiger partial charge on any atom is -0.309 e. The van der Waals surface area contributed by atoms with Gasteiger partial charge in [-0.05, 0) is 106 Å². The van der Waals surface area contributed by atoms with Gasteiger partial charge >= 0.3 is 0 Å². The van der Waals surface area contributed by atoms with Crippen LogP contribution in [0.2, 0.25) is 0 Å². The van der Waals surface area contributed by atoms with Gasteiger partial charge in [0, 0.05) is 49.6 Å². The van der Waals surface area contributed by atoms with Gasteiger partial charge in [0.15, 0.2) is 8.07 Å². The van der Waals surface area contributed by atoms with Gasteiger partial charge in [0.1, 0.15) is 0 Å². The van der Waals surface area contributed by atoms with Gasteiger partial charge in [0.25, 0.3) is 0 Å². The molecule has 0 atom stereocenters. The van der Waals surface area contributed by atoms with E-state index in [0.29, 0.717) is 0 Å². The Morgan fingerprint density at radius 3 is 1.46 bits per heavy atom. The molecular formula is C67H49N3Si. The van der Waals surface area contributed by atoms with Crippen LogP contribution in [-0.4, -0.2) is 21.8 Å². The number of rotatable bonds is 10. The molecular weight excluding hydrogens is 875 g/mol. The monoisotopic (exact) mass is 923 g/mol. The Morgan fingerprint density at radius 1 is 0.352 bits per heavy atom. The molecule has 0 fully saturated rings. The lowest BCUT2D eigenvalue weighted by molar-refractivity contribution is 1.10. The van der Waals surface area contributed by atoms with Crippen molar-refractivity contribution < 1.29 is 0 Å². The van der Waals surface area contributed by atoms with Crippen LogP contribution in [0.4, 0.5) is 0 Å². The van der Waals surface area contributed by atoms with E-state index >= 15 is 0 Å². The maximum absolute atomic E-state index is 4.35. The van der Waals surface area contributed by atoms with Crippen molar-refractivity contribution in [3.63, 3.8) is 0 Å². The predicted molar refractivity (Wildman–Crippen MR) is 306 cm³/mol. The minimum absolute atomic E-state index is 1.11. The number of hydrogen-bond acceptors (Lipinski definition) is 0. The van der Waals surface area contributed by atoms with E-state index in [1.54, 1.807) is 0 Å². The van der Waals surface area contributed by atoms with Crippen LogP contribution in [0.25, 0.3) is 94.9 Å². The fourth-order valence-electron chi connectivity index (χ4n) is 11.7. The van der Waals surface area contributed by atoms with Gasteiger partial charge in [-0.1, -0.05) is 207 Å². The summed E-state index contributed by atoms with van der Waals surface area (Å²) in [7, 11) is -2.97. The number of allylic oxidation sites excluding steroid dienone is 1. The summed E-state index contributed by atoms with van der Waals surface area (Å²) in [5, 5.41) is 11.4. The van der Waals surface area contributed by atoms with Gasteiger partial charge in [-0.2, -0.15) is 0 Å². The van der Waals surface area contributed by atoms with Crippen LogP contribution in [0.15, 0.2) is 261 Å². The lowest BCUT2D eigenvalue weighted by atomic mass is 10.0. The highest BCUT2D eigenvalue weighted by atomic mass is 28.3. The second kappa shape index (κ2) is 17.2. The molecule has 0 aliphatic carbocycles. The molecule has 10 aromatic carbocycles. The topological polar surface area (TPSA) is 14.8 Å². The van der Waals surface area contributed by atoms with Crippen molar-refractivity contribution in [1.29, 1.82) is 0 Å². The van der Waals surface area contributed by atoms with E-state index in [2.05, 4.69) is 288 Å². The molecule has 3 heterocycles. The van der Waals surface area contributed by atoms with Gasteiger partial charge in [-0.25, -0.2) is 0 Å². The smallest absolute Gasteiger partial charge is 0.179 e. The molecule has 0 saturated heterocycles. The number of fused-ring (bicyclic) bond motifs is 8. The number of benzene rings is 10. The van der Waals surface area contributed by atoms with Crippen LogP contribution in [0, 0.1) is 0 Å². The highest BCUT2D eigenvalue weighted by Crippen LogP contribution is 2.42. The third-order valence-electron chi connectivity index (χ3n) is 14.7. The highest BCUT2D eigenvalue weighted by molar-refractivity contribution is 7.20. The summed E-state index contributed by atoms with van der Waals surface area (Å²) in [5.74, 6) is 0. The van der Waals surface area contributed by atoms with Crippen molar-refractivity contribution in [2.24, 2.45) is 0 Å². The van der Waals surface area contributed by atoms with E-state index in [-0.39, 0.29) is 0 Å². The first kappa shape index (κ1) is 42.2. The van der Waals surface area contributed by atoms with Gasteiger partial charge in [0.05, 0.1) is 33.3 Å². The van der Waals surface area contributed by atoms with Gasteiger partial charge in [-0.3, -0.25) is 0 Å². The largest absolute Gasteiger partial charge is 0.309 e. The van der Waals surface area contributed by atoms with Crippen molar-refractivity contribution >= 4 is 95.5 Å². The van der Waals surface area contributed by atoms with E-state index in [9.17, 15) is 0 Å². The molecule has 13 rings (SSSR count). The van der Waals surface area contributed by atoms with E-state index in [4.69, 9.17) is 0 Å². The van der Waals surface area contributed by atoms with Crippen molar-refractivity contribution in [2.45, 2.75) is 6.92 Å². The normalized spacial score (nSPS) is 12.0. The lowest BCUT2D eigenvalue weighted by Gasteiger charge is -2.35. The standard InChI is InChI=1S/C67H49N3Si/c1-3-22-62-56(4-2)59-42-43-60-57-33-17-20-36-64(57)70(67(60)66(59)69(62)50-26-11-6-12-27-50)51-38-40-54(41-39-51)71(52-28-13-7-14-29-52,53-30-15-8-16-31-53)55-32-21-23-47(45-55)48-37-44-65-61(46-48)58-34-18-19-35-63(58)68(65)49-24-9-5-10-25-49/h3-46H,2H2,1H3/b22-3-. The Morgan fingerprint density at radius 2 is 0.831 bits per heavy atom. The van der Waals surface area contributed by atoms with Crippen LogP contribution < -0.4 is 20.7 Å². The molecule has 0 radical (unpaired) electrons. The summed E-state index contributed by atoms with van der Waals surface area (Å²) >= 11 is 0. The third-order valence-corrected chi connectivity index (χ3v) is 19.4. The molecule has 0 bridgehead atoms. The molecule has 3 aromatic heterocycles. The van der Waals surface area contributed by atoms with E-state index in [1.165, 1.54) is 80.9 Å². The summed E-state index contributed by atoms with van der Waals surface area (Å²) in [6, 6.07) is 92.2. The average molecular weight is 924 g/mol. The quantitative estimate of drug-likeness (QED) is 0.0959. The summed E-state index contributed by atoms with van der Waals surface area (Å²) in [5.41, 5.74) is 13.9. The highest BCUT2D eigenvalue weighted by Gasteiger charge is 2.41. The molecule has 0 saturated carbocycles. The molecule has 13 aromatic rings. The zero-order valence-corrected chi connectivity index (χ0v) is 40.5. The summed E-state index contributed by atoms with van der Waals surface area (Å²) in [6.45, 7) is 6.44. The fraction of sp³-hybridized carbons (Fsp3) is 0.0149. The first-order valence-electron chi connectivity index (χ1n) is 24.5. The van der Waals surface area contributed by atoms with Crippen molar-refractivity contribution in [3.8, 4) is 28.2 Å². The van der Waals surface area contributed by atoms with Crippen molar-refractivity contribution in [1.82, 2.24) is 13.7 Å². The molecule has 0 aliphatic rings. The Hall–Kier alpha value is -8.96. The van der Waals surface area contributed by atoms with Crippen LogP contribution in [0.1, 0.15) is 18.2 Å². The lowest BCUT2D eigenvalue weighted by Crippen LogP contribution is -2.74. The first-order valence-corrected chi connectivity index (χ1v) is 26.5. The maximum atomic E-state index is 4.35. The van der Waals surface area contributed by atoms with E-state index < -0.39 is 8.07 Å². The second-order valence-electron chi connectivity index (χ2n) is 18.4. The Bertz CT molecular complexity index is 4120. The summed E-state index contributed by atoms with van der Waals surface area (Å²) in [4.78, 5) is 0. The molecule has 71 heavy (non-hydrogen) atoms. The number of aromatic nitrogens is 3. The van der Waals surface area contributed by atoms with E-state index in [0.717, 1.165) is 33.8 Å². The van der Waals surface area contributed by atoms with Gasteiger partial charge in [-0.15, -0.1) is 0 Å². The Labute approximate surface area is 414 Å². The molecule has 4 heteroatoms. The predicted octanol–water partition coefficient (Wildman–Crippen LogP) is 14.5.